The van der Waals surface area contributed by atoms with Gasteiger partial charge in [0.2, 0.25) is 0 Å². The highest BCUT2D eigenvalue weighted by molar-refractivity contribution is 14.0. The van der Waals surface area contributed by atoms with Crippen molar-refractivity contribution in [2.24, 2.45) is 4.99 Å². The fourth-order valence-corrected chi connectivity index (χ4v) is 4.21. The van der Waals surface area contributed by atoms with E-state index >= 15 is 0 Å². The highest BCUT2D eigenvalue weighted by Crippen LogP contribution is 2.20. The largest absolute Gasteiger partial charge is 0.379 e. The van der Waals surface area contributed by atoms with Crippen molar-refractivity contribution in [2.75, 3.05) is 50.8 Å². The molecule has 9 heteroatoms. The monoisotopic (exact) mass is 568 g/mol. The van der Waals surface area contributed by atoms with Gasteiger partial charge in [-0.1, -0.05) is 24.3 Å². The topological polar surface area (TPSA) is 65.0 Å². The third-order valence-electron chi connectivity index (χ3n) is 5.83. The Morgan fingerprint density at radius 3 is 2.79 bits per heavy atom. The van der Waals surface area contributed by atoms with Crippen molar-refractivity contribution >= 4 is 35.8 Å². The molecule has 0 saturated carbocycles. The van der Waals surface area contributed by atoms with E-state index in [-0.39, 0.29) is 35.8 Å². The Morgan fingerprint density at radius 2 is 2.00 bits per heavy atom. The molecular weight excluding hydrogens is 534 g/mol. The molecule has 2 aromatic rings. The van der Waals surface area contributed by atoms with Crippen molar-refractivity contribution < 1.29 is 9.13 Å². The van der Waals surface area contributed by atoms with Crippen molar-refractivity contribution in [2.45, 2.75) is 32.5 Å². The molecule has 1 aromatic carbocycles. The van der Waals surface area contributed by atoms with Crippen LogP contribution in [-0.2, 0) is 17.8 Å². The zero-order valence-corrected chi connectivity index (χ0v) is 21.5. The third kappa shape index (κ3) is 7.51. The van der Waals surface area contributed by atoms with Crippen molar-refractivity contribution in [3.63, 3.8) is 0 Å². The summed E-state index contributed by atoms with van der Waals surface area (Å²) in [6, 6.07) is 11.9. The van der Waals surface area contributed by atoms with Crippen LogP contribution in [0.25, 0.3) is 0 Å². The van der Waals surface area contributed by atoms with Crippen LogP contribution in [0.5, 0.6) is 0 Å². The Kier molecular flexibility index (Phi) is 10.1. The lowest BCUT2D eigenvalue weighted by atomic mass is 10.1. The first-order valence-electron chi connectivity index (χ1n) is 11.5. The molecule has 7 nitrogen and oxygen atoms in total. The average molecular weight is 568 g/mol. The first kappa shape index (κ1) is 25.6. The molecule has 0 bridgehead atoms. The molecular formula is C24H34FIN6O. The Hall–Kier alpha value is -1.98. The average Bonchev–Trinajstić information content (AvgIpc) is 3.27. The molecule has 3 heterocycles. The molecule has 2 saturated heterocycles. The third-order valence-corrected chi connectivity index (χ3v) is 5.83. The van der Waals surface area contributed by atoms with Crippen LogP contribution in [0, 0.1) is 5.82 Å². The van der Waals surface area contributed by atoms with Crippen molar-refractivity contribution in [1.29, 1.82) is 0 Å². The number of rotatable bonds is 7. The van der Waals surface area contributed by atoms with Crippen LogP contribution in [0.2, 0.25) is 0 Å². The highest BCUT2D eigenvalue weighted by atomic mass is 127. The Bertz CT molecular complexity index is 908. The Labute approximate surface area is 212 Å². The lowest BCUT2D eigenvalue weighted by Crippen LogP contribution is -2.44. The lowest BCUT2D eigenvalue weighted by molar-refractivity contribution is 0.0342. The van der Waals surface area contributed by atoms with Crippen LogP contribution in [-0.4, -0.2) is 67.8 Å². The second kappa shape index (κ2) is 13.0. The smallest absolute Gasteiger partial charge is 0.191 e. The molecule has 180 valence electrons. The van der Waals surface area contributed by atoms with Gasteiger partial charge in [0.05, 0.1) is 19.8 Å². The SMILES string of the molecule is CCNC(=NCc1cccc(CN2CCOCC2)c1)NC1CCN(c2ncccc2F)C1.I. The molecule has 2 fully saturated rings. The number of hydrogen-bond donors (Lipinski definition) is 2. The number of halogens is 2. The summed E-state index contributed by atoms with van der Waals surface area (Å²) < 4.78 is 19.5. The number of nitrogens with one attached hydrogen (secondary N) is 2. The molecule has 1 aromatic heterocycles. The lowest BCUT2D eigenvalue weighted by Gasteiger charge is -2.26. The van der Waals surface area contributed by atoms with Gasteiger partial charge in [-0.2, -0.15) is 0 Å². The molecule has 0 spiro atoms. The van der Waals surface area contributed by atoms with Crippen molar-refractivity contribution in [3.8, 4) is 0 Å². The molecule has 4 rings (SSSR count). The van der Waals surface area contributed by atoms with Crippen LogP contribution in [0.15, 0.2) is 47.6 Å². The van der Waals surface area contributed by atoms with Gasteiger partial charge in [0.1, 0.15) is 0 Å². The summed E-state index contributed by atoms with van der Waals surface area (Å²) in [5.41, 5.74) is 2.50. The van der Waals surface area contributed by atoms with E-state index in [0.29, 0.717) is 18.9 Å². The van der Waals surface area contributed by atoms with Crippen molar-refractivity contribution in [3.05, 3.63) is 59.5 Å². The van der Waals surface area contributed by atoms with Crippen LogP contribution in [0.4, 0.5) is 10.2 Å². The van der Waals surface area contributed by atoms with Gasteiger partial charge in [-0.05, 0) is 36.6 Å². The molecule has 0 amide bonds. The maximum atomic E-state index is 14.1. The molecule has 0 aliphatic carbocycles. The minimum Gasteiger partial charge on any atom is -0.379 e. The fraction of sp³-hybridized carbons (Fsp3) is 0.500. The number of hydrogen-bond acceptors (Lipinski definition) is 5. The molecule has 2 aliphatic heterocycles. The van der Waals surface area contributed by atoms with Gasteiger partial charge in [0, 0.05) is 51.5 Å². The van der Waals surface area contributed by atoms with E-state index in [1.807, 2.05) is 4.90 Å². The van der Waals surface area contributed by atoms with Gasteiger partial charge < -0.3 is 20.3 Å². The quantitative estimate of drug-likeness (QED) is 0.304. The second-order valence-corrected chi connectivity index (χ2v) is 8.29. The number of pyridine rings is 1. The number of nitrogens with zero attached hydrogens (tertiary/aromatic N) is 4. The zero-order valence-electron chi connectivity index (χ0n) is 19.2. The number of aliphatic imine (C=N–C) groups is 1. The highest BCUT2D eigenvalue weighted by Gasteiger charge is 2.25. The maximum Gasteiger partial charge on any atom is 0.191 e. The molecule has 1 atom stereocenters. The van der Waals surface area contributed by atoms with Gasteiger partial charge in [-0.25, -0.2) is 14.4 Å². The van der Waals surface area contributed by atoms with Crippen LogP contribution in [0.3, 0.4) is 0 Å². The van der Waals surface area contributed by atoms with Gasteiger partial charge >= 0.3 is 0 Å². The van der Waals surface area contributed by atoms with Gasteiger partial charge in [0.15, 0.2) is 17.6 Å². The standard InChI is InChI=1S/C24H33FN6O.HI/c1-2-26-24(29-21-8-10-31(18-21)23-22(25)7-4-9-27-23)28-16-19-5-3-6-20(15-19)17-30-11-13-32-14-12-30;/h3-7,9,15,21H,2,8,10-14,16-18H2,1H3,(H2,26,28,29);1H. The first-order chi connectivity index (χ1) is 15.7. The summed E-state index contributed by atoms with van der Waals surface area (Å²) in [6.45, 7) is 9.47. The zero-order chi connectivity index (χ0) is 22.2. The van der Waals surface area contributed by atoms with E-state index in [1.54, 1.807) is 12.3 Å². The van der Waals surface area contributed by atoms with Crippen LogP contribution >= 0.6 is 24.0 Å². The summed E-state index contributed by atoms with van der Waals surface area (Å²) in [4.78, 5) is 13.4. The summed E-state index contributed by atoms with van der Waals surface area (Å²) in [7, 11) is 0. The van der Waals surface area contributed by atoms with Gasteiger partial charge in [0.25, 0.3) is 0 Å². The number of benzene rings is 1. The summed E-state index contributed by atoms with van der Waals surface area (Å²) >= 11 is 0. The van der Waals surface area contributed by atoms with E-state index in [2.05, 4.69) is 51.7 Å². The molecule has 2 aliphatic rings. The molecule has 1 unspecified atom stereocenters. The van der Waals surface area contributed by atoms with E-state index in [4.69, 9.17) is 9.73 Å². The van der Waals surface area contributed by atoms with E-state index < -0.39 is 0 Å². The predicted molar refractivity (Wildman–Crippen MR) is 141 cm³/mol. The maximum absolute atomic E-state index is 14.1. The van der Waals surface area contributed by atoms with Crippen LogP contribution in [0.1, 0.15) is 24.5 Å². The number of anilines is 1. The normalized spacial score (nSPS) is 19.3. The summed E-state index contributed by atoms with van der Waals surface area (Å²) in [5, 5.41) is 6.85. The number of morpholine rings is 1. The Morgan fingerprint density at radius 1 is 1.18 bits per heavy atom. The molecule has 0 radical (unpaired) electrons. The second-order valence-electron chi connectivity index (χ2n) is 8.29. The number of aromatic nitrogens is 1. The summed E-state index contributed by atoms with van der Waals surface area (Å²) in [6.07, 6.45) is 2.55. The fourth-order valence-electron chi connectivity index (χ4n) is 4.21. The predicted octanol–water partition coefficient (Wildman–Crippen LogP) is 3.00. The van der Waals surface area contributed by atoms with Gasteiger partial charge in [-0.3, -0.25) is 4.90 Å². The van der Waals surface area contributed by atoms with E-state index in [9.17, 15) is 4.39 Å². The minimum atomic E-state index is -0.273. The van der Waals surface area contributed by atoms with E-state index in [1.165, 1.54) is 17.2 Å². The number of guanidine groups is 1. The summed E-state index contributed by atoms with van der Waals surface area (Å²) in [5.74, 6) is 0.945. The first-order valence-corrected chi connectivity index (χ1v) is 11.5. The van der Waals surface area contributed by atoms with Crippen molar-refractivity contribution in [1.82, 2.24) is 20.5 Å². The molecule has 33 heavy (non-hydrogen) atoms. The Balaban J connectivity index is 0.00000306. The number of ether oxygens (including phenoxy) is 1. The molecule has 2 N–H and O–H groups in total. The minimum absolute atomic E-state index is 0. The van der Waals surface area contributed by atoms with Gasteiger partial charge in [-0.15, -0.1) is 24.0 Å². The van der Waals surface area contributed by atoms with Crippen LogP contribution < -0.4 is 15.5 Å². The van der Waals surface area contributed by atoms with E-state index in [0.717, 1.165) is 58.3 Å².